The van der Waals surface area contributed by atoms with Gasteiger partial charge >= 0.3 is 0 Å². The highest BCUT2D eigenvalue weighted by molar-refractivity contribution is 6.30. The lowest BCUT2D eigenvalue weighted by atomic mass is 10.1. The van der Waals surface area contributed by atoms with Gasteiger partial charge in [-0.2, -0.15) is 5.10 Å². The molecule has 90 valence electrons. The van der Waals surface area contributed by atoms with Gasteiger partial charge in [0.1, 0.15) is 5.69 Å². The number of nitrogens with two attached hydrogens (primary N) is 1. The molecule has 1 aromatic heterocycles. The van der Waals surface area contributed by atoms with Gasteiger partial charge in [0.25, 0.3) is 0 Å². The SMILES string of the molecule is CC(C)Cn1cc(N)c(-c2ccc(Cl)cc2)n1. The van der Waals surface area contributed by atoms with Crippen molar-refractivity contribution in [1.82, 2.24) is 9.78 Å². The summed E-state index contributed by atoms with van der Waals surface area (Å²) in [6.45, 7) is 5.18. The van der Waals surface area contributed by atoms with Gasteiger partial charge in [0.2, 0.25) is 0 Å². The zero-order chi connectivity index (χ0) is 12.4. The minimum Gasteiger partial charge on any atom is -0.396 e. The molecule has 0 amide bonds. The van der Waals surface area contributed by atoms with E-state index in [1.807, 2.05) is 35.1 Å². The topological polar surface area (TPSA) is 43.8 Å². The van der Waals surface area contributed by atoms with Gasteiger partial charge in [-0.3, -0.25) is 4.68 Å². The van der Waals surface area contributed by atoms with E-state index in [1.54, 1.807) is 0 Å². The molecule has 4 heteroatoms. The summed E-state index contributed by atoms with van der Waals surface area (Å²) >= 11 is 5.86. The van der Waals surface area contributed by atoms with Gasteiger partial charge in [-0.25, -0.2) is 0 Å². The average Bonchev–Trinajstić information content (AvgIpc) is 2.59. The zero-order valence-corrected chi connectivity index (χ0v) is 10.8. The predicted octanol–water partition coefficient (Wildman–Crippen LogP) is 3.44. The van der Waals surface area contributed by atoms with Crippen LogP contribution in [0, 0.1) is 5.92 Å². The number of halogens is 1. The van der Waals surface area contributed by atoms with Crippen LogP contribution in [-0.2, 0) is 6.54 Å². The molecule has 0 saturated carbocycles. The largest absolute Gasteiger partial charge is 0.396 e. The van der Waals surface area contributed by atoms with E-state index in [1.165, 1.54) is 0 Å². The summed E-state index contributed by atoms with van der Waals surface area (Å²) in [6.07, 6.45) is 1.88. The Morgan fingerprint density at radius 2 is 1.94 bits per heavy atom. The molecule has 2 aromatic rings. The van der Waals surface area contributed by atoms with Crippen molar-refractivity contribution in [1.29, 1.82) is 0 Å². The Kier molecular flexibility index (Phi) is 3.38. The van der Waals surface area contributed by atoms with E-state index in [0.717, 1.165) is 17.8 Å². The van der Waals surface area contributed by atoms with Gasteiger partial charge < -0.3 is 5.73 Å². The van der Waals surface area contributed by atoms with E-state index in [9.17, 15) is 0 Å². The molecule has 0 aliphatic rings. The van der Waals surface area contributed by atoms with Crippen LogP contribution in [0.4, 0.5) is 5.69 Å². The molecule has 1 aromatic carbocycles. The smallest absolute Gasteiger partial charge is 0.115 e. The molecule has 0 spiro atoms. The fraction of sp³-hybridized carbons (Fsp3) is 0.308. The third-order valence-corrected chi connectivity index (χ3v) is 2.71. The Balaban J connectivity index is 2.32. The molecule has 0 atom stereocenters. The van der Waals surface area contributed by atoms with Crippen LogP contribution in [0.25, 0.3) is 11.3 Å². The van der Waals surface area contributed by atoms with Crippen molar-refractivity contribution in [2.24, 2.45) is 5.92 Å². The highest BCUT2D eigenvalue weighted by Crippen LogP contribution is 2.25. The second-order valence-corrected chi connectivity index (χ2v) is 4.99. The van der Waals surface area contributed by atoms with Crippen LogP contribution in [0.1, 0.15) is 13.8 Å². The number of hydrogen-bond donors (Lipinski definition) is 1. The predicted molar refractivity (Wildman–Crippen MR) is 71.9 cm³/mol. The number of aromatic nitrogens is 2. The molecule has 17 heavy (non-hydrogen) atoms. The van der Waals surface area contributed by atoms with Crippen molar-refractivity contribution >= 4 is 17.3 Å². The first-order valence-electron chi connectivity index (χ1n) is 5.65. The van der Waals surface area contributed by atoms with Crippen LogP contribution in [0.5, 0.6) is 0 Å². The molecule has 2 N–H and O–H groups in total. The summed E-state index contributed by atoms with van der Waals surface area (Å²) in [7, 11) is 0. The van der Waals surface area contributed by atoms with Crippen LogP contribution in [0.3, 0.4) is 0 Å². The quantitative estimate of drug-likeness (QED) is 0.906. The van der Waals surface area contributed by atoms with Crippen molar-refractivity contribution in [3.63, 3.8) is 0 Å². The number of hydrogen-bond acceptors (Lipinski definition) is 2. The lowest BCUT2D eigenvalue weighted by Gasteiger charge is -2.03. The number of anilines is 1. The Hall–Kier alpha value is -1.48. The van der Waals surface area contributed by atoms with Gasteiger partial charge in [0, 0.05) is 23.3 Å². The van der Waals surface area contributed by atoms with Crippen molar-refractivity contribution in [2.75, 3.05) is 5.73 Å². The maximum atomic E-state index is 5.97. The van der Waals surface area contributed by atoms with Gasteiger partial charge in [-0.1, -0.05) is 37.6 Å². The zero-order valence-electron chi connectivity index (χ0n) is 10.0. The third-order valence-electron chi connectivity index (χ3n) is 2.46. The lowest BCUT2D eigenvalue weighted by molar-refractivity contribution is 0.484. The molecule has 0 bridgehead atoms. The fourth-order valence-electron chi connectivity index (χ4n) is 1.74. The minimum atomic E-state index is 0.548. The monoisotopic (exact) mass is 249 g/mol. The summed E-state index contributed by atoms with van der Waals surface area (Å²) in [5.74, 6) is 0.548. The van der Waals surface area contributed by atoms with Crippen molar-refractivity contribution < 1.29 is 0 Å². The third kappa shape index (κ3) is 2.80. The minimum absolute atomic E-state index is 0.548. The molecule has 3 nitrogen and oxygen atoms in total. The van der Waals surface area contributed by atoms with E-state index >= 15 is 0 Å². The molecule has 1 heterocycles. The number of nitrogens with zero attached hydrogens (tertiary/aromatic N) is 2. The summed E-state index contributed by atoms with van der Waals surface area (Å²) in [4.78, 5) is 0. The summed E-state index contributed by atoms with van der Waals surface area (Å²) < 4.78 is 1.89. The molecule has 0 radical (unpaired) electrons. The molecule has 0 aliphatic carbocycles. The number of benzene rings is 1. The maximum Gasteiger partial charge on any atom is 0.115 e. The van der Waals surface area contributed by atoms with E-state index in [0.29, 0.717) is 16.6 Å². The first kappa shape index (κ1) is 12.0. The van der Waals surface area contributed by atoms with E-state index in [-0.39, 0.29) is 0 Å². The molecule has 0 aliphatic heterocycles. The van der Waals surface area contributed by atoms with E-state index < -0.39 is 0 Å². The Morgan fingerprint density at radius 3 is 2.53 bits per heavy atom. The molecular weight excluding hydrogens is 234 g/mol. The lowest BCUT2D eigenvalue weighted by Crippen LogP contribution is -2.04. The van der Waals surface area contributed by atoms with Crippen LogP contribution >= 0.6 is 11.6 Å². The summed E-state index contributed by atoms with van der Waals surface area (Å²) in [5, 5.41) is 5.22. The van der Waals surface area contributed by atoms with Crippen molar-refractivity contribution in [2.45, 2.75) is 20.4 Å². The number of nitrogen functional groups attached to an aromatic ring is 1. The van der Waals surface area contributed by atoms with Crippen LogP contribution in [-0.4, -0.2) is 9.78 Å². The molecule has 2 rings (SSSR count). The molecular formula is C13H16ClN3. The normalized spacial score (nSPS) is 11.1. The Labute approximate surface area is 106 Å². The van der Waals surface area contributed by atoms with E-state index in [2.05, 4.69) is 18.9 Å². The van der Waals surface area contributed by atoms with Gasteiger partial charge in [-0.15, -0.1) is 0 Å². The second-order valence-electron chi connectivity index (χ2n) is 4.56. The van der Waals surface area contributed by atoms with Crippen LogP contribution in [0.15, 0.2) is 30.5 Å². The standard InChI is InChI=1S/C13H16ClN3/c1-9(2)7-17-8-12(15)13(16-17)10-3-5-11(14)6-4-10/h3-6,8-9H,7,15H2,1-2H3. The van der Waals surface area contributed by atoms with Crippen molar-refractivity contribution in [3.05, 3.63) is 35.5 Å². The number of rotatable bonds is 3. The highest BCUT2D eigenvalue weighted by Gasteiger charge is 2.09. The summed E-state index contributed by atoms with van der Waals surface area (Å²) in [5.41, 5.74) is 8.49. The average molecular weight is 250 g/mol. The van der Waals surface area contributed by atoms with Crippen molar-refractivity contribution in [3.8, 4) is 11.3 Å². The molecule has 0 saturated heterocycles. The van der Waals surface area contributed by atoms with Gasteiger partial charge in [0.15, 0.2) is 0 Å². The second kappa shape index (κ2) is 4.80. The molecule has 0 unspecified atom stereocenters. The van der Waals surface area contributed by atoms with Crippen LogP contribution in [0.2, 0.25) is 5.02 Å². The molecule has 0 fully saturated rings. The van der Waals surface area contributed by atoms with E-state index in [4.69, 9.17) is 17.3 Å². The van der Waals surface area contributed by atoms with Crippen LogP contribution < -0.4 is 5.73 Å². The first-order chi connectivity index (χ1) is 8.06. The first-order valence-corrected chi connectivity index (χ1v) is 6.03. The Morgan fingerprint density at radius 1 is 1.29 bits per heavy atom. The summed E-state index contributed by atoms with van der Waals surface area (Å²) in [6, 6.07) is 7.55. The fourth-order valence-corrected chi connectivity index (χ4v) is 1.86. The van der Waals surface area contributed by atoms with Gasteiger partial charge in [-0.05, 0) is 18.1 Å². The maximum absolute atomic E-state index is 5.97. The Bertz CT molecular complexity index is 500. The highest BCUT2D eigenvalue weighted by atomic mass is 35.5. The van der Waals surface area contributed by atoms with Gasteiger partial charge in [0.05, 0.1) is 5.69 Å².